The van der Waals surface area contributed by atoms with E-state index in [2.05, 4.69) is 121 Å². The second-order valence-electron chi connectivity index (χ2n) is 9.90. The number of allylic oxidation sites excluding steroid dienone is 7. The number of likely N-dealkylation sites (N-methyl/N-ethyl adjacent to an activating group) is 1. The predicted molar refractivity (Wildman–Crippen MR) is 148 cm³/mol. The van der Waals surface area contributed by atoms with E-state index in [-0.39, 0.29) is 12.0 Å². The van der Waals surface area contributed by atoms with E-state index in [0.29, 0.717) is 0 Å². The van der Waals surface area contributed by atoms with Gasteiger partial charge in [0.15, 0.2) is 0 Å². The highest BCUT2D eigenvalue weighted by molar-refractivity contribution is 6.13. The molecule has 0 bridgehead atoms. The number of rotatable bonds is 1. The molecule has 0 radical (unpaired) electrons. The van der Waals surface area contributed by atoms with Crippen LogP contribution in [0.25, 0.3) is 38.8 Å². The molecule has 4 nitrogen and oxygen atoms in total. The first-order valence-corrected chi connectivity index (χ1v) is 12.5. The molecular weight excluding hydrogens is 440 g/mol. The van der Waals surface area contributed by atoms with Crippen LogP contribution in [0, 0.1) is 5.92 Å². The van der Waals surface area contributed by atoms with Crippen LogP contribution in [0.15, 0.2) is 119 Å². The van der Waals surface area contributed by atoms with Gasteiger partial charge < -0.3 is 9.47 Å². The van der Waals surface area contributed by atoms with E-state index >= 15 is 0 Å². The van der Waals surface area contributed by atoms with Crippen molar-refractivity contribution in [3.63, 3.8) is 0 Å². The van der Waals surface area contributed by atoms with Crippen LogP contribution >= 0.6 is 0 Å². The normalized spacial score (nSPS) is 22.2. The van der Waals surface area contributed by atoms with Crippen molar-refractivity contribution in [3.8, 4) is 11.4 Å². The Hall–Kier alpha value is -4.44. The van der Waals surface area contributed by atoms with Crippen LogP contribution in [0.4, 0.5) is 0 Å². The highest BCUT2D eigenvalue weighted by atomic mass is 15.2. The number of hydrogen-bond acceptors (Lipinski definition) is 3. The Balaban J connectivity index is 1.56. The molecule has 0 spiro atoms. The number of nitrogens with zero attached hydrogens (tertiary/aromatic N) is 4. The highest BCUT2D eigenvalue weighted by Gasteiger charge is 2.41. The van der Waals surface area contributed by atoms with Gasteiger partial charge in [0, 0.05) is 41.5 Å². The molecule has 2 unspecified atom stereocenters. The SMILES string of the molecule is CN1C2=C(N=C3C=CC=CC32)C(c2c3nc4ccccc4c-3n(C)c3ccccc23)=C2C=CC=CC21. The first-order valence-electron chi connectivity index (χ1n) is 12.5. The van der Waals surface area contributed by atoms with Crippen molar-refractivity contribution in [2.45, 2.75) is 6.04 Å². The summed E-state index contributed by atoms with van der Waals surface area (Å²) in [5.41, 5.74) is 11.6. The quantitative estimate of drug-likeness (QED) is 0.325. The lowest BCUT2D eigenvalue weighted by Crippen LogP contribution is -2.38. The van der Waals surface area contributed by atoms with Crippen molar-refractivity contribution >= 4 is 33.1 Å². The Morgan fingerprint density at radius 1 is 0.806 bits per heavy atom. The van der Waals surface area contributed by atoms with Gasteiger partial charge in [0.05, 0.1) is 46.0 Å². The molecule has 4 heteroatoms. The summed E-state index contributed by atoms with van der Waals surface area (Å²) in [4.78, 5) is 13.0. The van der Waals surface area contributed by atoms with Gasteiger partial charge in [-0.25, -0.2) is 9.98 Å². The number of aliphatic imine (C=N–C) groups is 1. The molecule has 4 aliphatic heterocycles. The lowest BCUT2D eigenvalue weighted by Gasteiger charge is -2.39. The molecule has 0 saturated heterocycles. The summed E-state index contributed by atoms with van der Waals surface area (Å²) in [6.07, 6.45) is 17.5. The third-order valence-electron chi connectivity index (χ3n) is 8.07. The maximum absolute atomic E-state index is 5.29. The summed E-state index contributed by atoms with van der Waals surface area (Å²) in [6, 6.07) is 17.4. The van der Waals surface area contributed by atoms with Crippen LogP contribution in [-0.4, -0.2) is 33.3 Å². The van der Waals surface area contributed by atoms with Crippen molar-refractivity contribution in [1.29, 1.82) is 0 Å². The lowest BCUT2D eigenvalue weighted by molar-refractivity contribution is 0.367. The smallest absolute Gasteiger partial charge is 0.0967 e. The fraction of sp³-hybridized carbons (Fsp3) is 0.125. The van der Waals surface area contributed by atoms with Crippen LogP contribution in [-0.2, 0) is 7.05 Å². The lowest BCUT2D eigenvalue weighted by atomic mass is 9.81. The Morgan fingerprint density at radius 2 is 1.58 bits per heavy atom. The van der Waals surface area contributed by atoms with Gasteiger partial charge >= 0.3 is 0 Å². The maximum atomic E-state index is 5.29. The minimum absolute atomic E-state index is 0.157. The summed E-state index contributed by atoms with van der Waals surface area (Å²) in [5.74, 6) is 0.180. The number of pyridine rings is 1. The van der Waals surface area contributed by atoms with E-state index in [4.69, 9.17) is 9.98 Å². The molecule has 0 amide bonds. The molecule has 0 aromatic heterocycles. The Labute approximate surface area is 209 Å². The molecule has 8 rings (SSSR count). The molecule has 0 N–H and O–H groups in total. The third kappa shape index (κ3) is 2.43. The fourth-order valence-electron chi connectivity index (χ4n) is 6.49. The first-order chi connectivity index (χ1) is 17.7. The molecule has 2 aliphatic carbocycles. The van der Waals surface area contributed by atoms with Crippen molar-refractivity contribution in [1.82, 2.24) is 14.5 Å². The fourth-order valence-corrected chi connectivity index (χ4v) is 6.49. The van der Waals surface area contributed by atoms with E-state index in [1.165, 1.54) is 44.4 Å². The van der Waals surface area contributed by atoms with Crippen molar-refractivity contribution in [2.24, 2.45) is 18.0 Å². The van der Waals surface area contributed by atoms with E-state index < -0.39 is 0 Å². The van der Waals surface area contributed by atoms with E-state index in [1.54, 1.807) is 0 Å². The molecule has 0 saturated carbocycles. The predicted octanol–water partition coefficient (Wildman–Crippen LogP) is 6.43. The summed E-state index contributed by atoms with van der Waals surface area (Å²) >= 11 is 0. The average molecular weight is 465 g/mol. The minimum Gasteiger partial charge on any atom is -0.365 e. The van der Waals surface area contributed by atoms with Gasteiger partial charge in [0.25, 0.3) is 0 Å². The van der Waals surface area contributed by atoms with E-state index in [0.717, 1.165) is 22.6 Å². The molecule has 6 aliphatic rings. The number of aryl methyl sites for hydroxylation is 1. The molecule has 4 heterocycles. The number of fused-ring (bicyclic) bond motifs is 7. The van der Waals surface area contributed by atoms with Crippen molar-refractivity contribution in [3.05, 3.63) is 120 Å². The minimum atomic E-state index is 0.157. The summed E-state index contributed by atoms with van der Waals surface area (Å²) in [6.45, 7) is 0. The zero-order valence-corrected chi connectivity index (χ0v) is 20.2. The van der Waals surface area contributed by atoms with Gasteiger partial charge in [0.2, 0.25) is 0 Å². The molecule has 2 aromatic carbocycles. The summed E-state index contributed by atoms with van der Waals surface area (Å²) < 4.78 is 2.30. The standard InChI is InChI=1S/C32H24N4/c1-35-25-17-9-5-13-21(25)27(29-31(35)19-11-3-7-15-23(19)33-29)28-22-14-6-10-18-26(22)36(2)32-20-12-4-8-16-24(20)34-30(28)32/h3-19,25H,1-2H3. The third-order valence-corrected chi connectivity index (χ3v) is 8.07. The van der Waals surface area contributed by atoms with Gasteiger partial charge in [-0.2, -0.15) is 0 Å². The number of benzene rings is 2. The topological polar surface area (TPSA) is 33.4 Å². The first kappa shape index (κ1) is 19.8. The molecule has 2 aromatic rings. The molecule has 36 heavy (non-hydrogen) atoms. The molecule has 0 fully saturated rings. The number of para-hydroxylation sites is 2. The highest BCUT2D eigenvalue weighted by Crippen LogP contribution is 2.51. The number of hydrogen-bond donors (Lipinski definition) is 0. The van der Waals surface area contributed by atoms with E-state index in [1.807, 2.05) is 0 Å². The van der Waals surface area contributed by atoms with Crippen molar-refractivity contribution < 1.29 is 0 Å². The summed E-state index contributed by atoms with van der Waals surface area (Å²) in [7, 11) is 4.37. The van der Waals surface area contributed by atoms with Gasteiger partial charge in [-0.15, -0.1) is 0 Å². The van der Waals surface area contributed by atoms with Gasteiger partial charge in [-0.05, 0) is 23.8 Å². The van der Waals surface area contributed by atoms with Crippen LogP contribution in [0.2, 0.25) is 0 Å². The largest absolute Gasteiger partial charge is 0.365 e. The van der Waals surface area contributed by atoms with Gasteiger partial charge in [-0.3, -0.25) is 0 Å². The van der Waals surface area contributed by atoms with Crippen LogP contribution < -0.4 is 0 Å². The van der Waals surface area contributed by atoms with Crippen LogP contribution in [0.5, 0.6) is 0 Å². The molecule has 2 atom stereocenters. The van der Waals surface area contributed by atoms with E-state index in [9.17, 15) is 0 Å². The molecule has 172 valence electrons. The second-order valence-corrected chi connectivity index (χ2v) is 9.90. The van der Waals surface area contributed by atoms with Crippen molar-refractivity contribution in [2.75, 3.05) is 7.05 Å². The average Bonchev–Trinajstić information content (AvgIpc) is 3.50. The van der Waals surface area contributed by atoms with Crippen LogP contribution in [0.3, 0.4) is 0 Å². The van der Waals surface area contributed by atoms with Gasteiger partial charge in [0.1, 0.15) is 0 Å². The maximum Gasteiger partial charge on any atom is 0.0967 e. The monoisotopic (exact) mass is 464 g/mol. The van der Waals surface area contributed by atoms with Gasteiger partial charge in [-0.1, -0.05) is 78.9 Å². The summed E-state index contributed by atoms with van der Waals surface area (Å²) in [5, 5.41) is 2.39. The Morgan fingerprint density at radius 3 is 2.50 bits per heavy atom. The zero-order valence-electron chi connectivity index (χ0n) is 20.2. The van der Waals surface area contributed by atoms with Crippen LogP contribution in [0.1, 0.15) is 5.56 Å². The zero-order chi connectivity index (χ0) is 24.0. The second kappa shape index (κ2) is 7.05. The Bertz CT molecular complexity index is 1820. The molecular formula is C32H24N4. The Kier molecular flexibility index (Phi) is 3.88. The number of aromatic nitrogens is 2.